The molecule has 6 heteroatoms. The molecule has 0 aliphatic heterocycles. The zero-order chi connectivity index (χ0) is 15.7. The maximum Gasteiger partial charge on any atom is 0.267 e. The summed E-state index contributed by atoms with van der Waals surface area (Å²) in [5.74, 6) is -0.297. The molecule has 5 nitrogen and oxygen atoms in total. The number of anilines is 2. The van der Waals surface area contributed by atoms with Gasteiger partial charge in [0.15, 0.2) is 5.78 Å². The van der Waals surface area contributed by atoms with Crippen LogP contribution in [0, 0.1) is 0 Å². The maximum atomic E-state index is 12.3. The van der Waals surface area contributed by atoms with Gasteiger partial charge < -0.3 is 11.1 Å². The number of thiophene rings is 1. The van der Waals surface area contributed by atoms with Gasteiger partial charge in [-0.25, -0.2) is 4.98 Å². The number of hydrogen-bond donors (Lipinski definition) is 2. The highest BCUT2D eigenvalue weighted by Gasteiger charge is 2.17. The third-order valence-corrected chi connectivity index (χ3v) is 4.39. The first-order valence-electron chi connectivity index (χ1n) is 6.61. The Hall–Kier alpha value is -2.73. The van der Waals surface area contributed by atoms with Crippen LogP contribution in [0.1, 0.15) is 27.0 Å². The smallest absolute Gasteiger partial charge is 0.267 e. The molecule has 0 aliphatic rings. The minimum absolute atomic E-state index is 0.0160. The van der Waals surface area contributed by atoms with Crippen LogP contribution in [0.15, 0.2) is 42.6 Å². The number of rotatable bonds is 3. The van der Waals surface area contributed by atoms with Gasteiger partial charge in [0.25, 0.3) is 5.91 Å². The van der Waals surface area contributed by atoms with E-state index in [1.165, 1.54) is 18.3 Å². The van der Waals surface area contributed by atoms with Crippen molar-refractivity contribution in [3.8, 4) is 0 Å². The number of fused-ring (bicyclic) bond motifs is 1. The summed E-state index contributed by atoms with van der Waals surface area (Å²) < 4.78 is 0. The third kappa shape index (κ3) is 2.56. The van der Waals surface area contributed by atoms with Gasteiger partial charge in [0.05, 0.1) is 5.69 Å². The van der Waals surface area contributed by atoms with Crippen molar-refractivity contribution in [1.82, 2.24) is 4.98 Å². The van der Waals surface area contributed by atoms with Crippen molar-refractivity contribution in [2.75, 3.05) is 11.1 Å². The zero-order valence-corrected chi connectivity index (χ0v) is 12.6. The number of nitrogen functional groups attached to an aromatic ring is 1. The van der Waals surface area contributed by atoms with Gasteiger partial charge in [-0.15, -0.1) is 11.3 Å². The molecule has 22 heavy (non-hydrogen) atoms. The van der Waals surface area contributed by atoms with E-state index in [1.807, 2.05) is 6.07 Å². The van der Waals surface area contributed by atoms with E-state index in [9.17, 15) is 9.59 Å². The van der Waals surface area contributed by atoms with Crippen molar-refractivity contribution < 1.29 is 9.59 Å². The molecule has 0 saturated heterocycles. The predicted molar refractivity (Wildman–Crippen MR) is 88.4 cm³/mol. The Balaban J connectivity index is 1.87. The quantitative estimate of drug-likeness (QED) is 0.726. The summed E-state index contributed by atoms with van der Waals surface area (Å²) in [4.78, 5) is 29.0. The van der Waals surface area contributed by atoms with Gasteiger partial charge in [-0.1, -0.05) is 0 Å². The highest BCUT2D eigenvalue weighted by molar-refractivity contribution is 7.21. The van der Waals surface area contributed by atoms with Crippen LogP contribution in [0.25, 0.3) is 10.2 Å². The van der Waals surface area contributed by atoms with Crippen LogP contribution in [0.2, 0.25) is 0 Å². The molecule has 3 N–H and O–H groups in total. The molecule has 1 aromatic carbocycles. The Bertz CT molecular complexity index is 869. The Morgan fingerprint density at radius 2 is 1.91 bits per heavy atom. The van der Waals surface area contributed by atoms with Crippen LogP contribution in [-0.2, 0) is 0 Å². The fraction of sp³-hybridized carbons (Fsp3) is 0.0625. The van der Waals surface area contributed by atoms with Crippen molar-refractivity contribution in [2.45, 2.75) is 6.92 Å². The molecule has 0 unspecified atom stereocenters. The second-order valence-corrected chi connectivity index (χ2v) is 5.79. The number of ketones is 1. The molecule has 0 atom stereocenters. The van der Waals surface area contributed by atoms with Crippen molar-refractivity contribution in [3.05, 3.63) is 53.0 Å². The summed E-state index contributed by atoms with van der Waals surface area (Å²) in [5, 5.41) is 3.56. The Labute approximate surface area is 130 Å². The molecule has 0 bridgehead atoms. The lowest BCUT2D eigenvalue weighted by Gasteiger charge is -2.05. The molecule has 0 spiro atoms. The Kier molecular flexibility index (Phi) is 3.60. The van der Waals surface area contributed by atoms with Crippen LogP contribution < -0.4 is 11.1 Å². The molecular weight excluding hydrogens is 298 g/mol. The maximum absolute atomic E-state index is 12.3. The molecule has 0 fully saturated rings. The summed E-state index contributed by atoms with van der Waals surface area (Å²) in [5.41, 5.74) is 7.67. The first-order chi connectivity index (χ1) is 10.6. The number of Topliss-reactive ketones (excluding diaryl/α,β-unsaturated/α-hetero) is 1. The molecular formula is C16H13N3O2S. The third-order valence-electron chi connectivity index (χ3n) is 3.26. The Morgan fingerprint density at radius 1 is 1.18 bits per heavy atom. The second kappa shape index (κ2) is 5.57. The van der Waals surface area contributed by atoms with Crippen molar-refractivity contribution >= 4 is 44.6 Å². The number of nitrogens with zero attached hydrogens (tertiary/aromatic N) is 1. The zero-order valence-electron chi connectivity index (χ0n) is 11.8. The van der Waals surface area contributed by atoms with Crippen LogP contribution in [0.5, 0.6) is 0 Å². The number of hydrogen-bond acceptors (Lipinski definition) is 5. The lowest BCUT2D eigenvalue weighted by Crippen LogP contribution is -2.12. The van der Waals surface area contributed by atoms with E-state index in [4.69, 9.17) is 5.73 Å². The first kappa shape index (κ1) is 14.2. The average Bonchev–Trinajstić information content (AvgIpc) is 2.85. The fourth-order valence-electron chi connectivity index (χ4n) is 2.10. The highest BCUT2D eigenvalue weighted by atomic mass is 32.1. The summed E-state index contributed by atoms with van der Waals surface area (Å²) in [6.45, 7) is 1.50. The van der Waals surface area contributed by atoms with Gasteiger partial charge in [-0.05, 0) is 43.3 Å². The standard InChI is InChI=1S/C16H13N3O2S/c1-9(20)10-4-6-11(7-5-10)19-15(21)14-13(17)12-3-2-8-18-16(12)22-14/h2-8H,17H2,1H3,(H,19,21). The molecule has 3 aromatic rings. The Morgan fingerprint density at radius 3 is 2.55 bits per heavy atom. The van der Waals surface area contributed by atoms with Gasteiger partial charge in [-0.3, -0.25) is 9.59 Å². The van der Waals surface area contributed by atoms with Gasteiger partial charge in [0.1, 0.15) is 9.71 Å². The topological polar surface area (TPSA) is 85.1 Å². The molecule has 3 rings (SSSR count). The summed E-state index contributed by atoms with van der Waals surface area (Å²) in [7, 11) is 0. The fourth-order valence-corrected chi connectivity index (χ4v) is 3.05. The lowest BCUT2D eigenvalue weighted by atomic mass is 10.1. The van der Waals surface area contributed by atoms with Gasteiger partial charge in [0, 0.05) is 22.8 Å². The molecule has 2 aromatic heterocycles. The number of nitrogens with one attached hydrogen (secondary N) is 1. The molecule has 0 radical (unpaired) electrons. The first-order valence-corrected chi connectivity index (χ1v) is 7.43. The van der Waals surface area contributed by atoms with Gasteiger partial charge >= 0.3 is 0 Å². The summed E-state index contributed by atoms with van der Waals surface area (Å²) in [6.07, 6.45) is 1.67. The van der Waals surface area contributed by atoms with Crippen molar-refractivity contribution in [1.29, 1.82) is 0 Å². The van der Waals surface area contributed by atoms with E-state index < -0.39 is 0 Å². The monoisotopic (exact) mass is 311 g/mol. The molecule has 1 amide bonds. The molecule has 2 heterocycles. The summed E-state index contributed by atoms with van der Waals surface area (Å²) in [6, 6.07) is 10.4. The number of carbonyl (C=O) groups is 2. The van der Waals surface area contributed by atoms with Crippen LogP contribution in [0.4, 0.5) is 11.4 Å². The lowest BCUT2D eigenvalue weighted by molar-refractivity contribution is 0.101. The largest absolute Gasteiger partial charge is 0.397 e. The van der Waals surface area contributed by atoms with Gasteiger partial charge in [0.2, 0.25) is 0 Å². The second-order valence-electron chi connectivity index (χ2n) is 4.79. The number of nitrogens with two attached hydrogens (primary N) is 1. The highest BCUT2D eigenvalue weighted by Crippen LogP contribution is 2.32. The van der Waals surface area contributed by atoms with E-state index >= 15 is 0 Å². The molecule has 0 aliphatic carbocycles. The average molecular weight is 311 g/mol. The van der Waals surface area contributed by atoms with E-state index in [1.54, 1.807) is 36.5 Å². The number of amides is 1. The van der Waals surface area contributed by atoms with Crippen molar-refractivity contribution in [2.24, 2.45) is 0 Å². The normalized spacial score (nSPS) is 10.6. The predicted octanol–water partition coefficient (Wildman–Crippen LogP) is 3.33. The van der Waals surface area contributed by atoms with E-state index in [0.717, 1.165) is 10.2 Å². The minimum Gasteiger partial charge on any atom is -0.397 e. The molecule has 110 valence electrons. The van der Waals surface area contributed by atoms with E-state index in [0.29, 0.717) is 21.8 Å². The van der Waals surface area contributed by atoms with E-state index in [2.05, 4.69) is 10.3 Å². The van der Waals surface area contributed by atoms with Gasteiger partial charge in [-0.2, -0.15) is 0 Å². The summed E-state index contributed by atoms with van der Waals surface area (Å²) >= 11 is 1.26. The number of benzene rings is 1. The number of pyridine rings is 1. The number of aromatic nitrogens is 1. The van der Waals surface area contributed by atoms with Crippen molar-refractivity contribution in [3.63, 3.8) is 0 Å². The van der Waals surface area contributed by atoms with Crippen LogP contribution in [-0.4, -0.2) is 16.7 Å². The molecule has 0 saturated carbocycles. The minimum atomic E-state index is -0.281. The number of carbonyl (C=O) groups excluding carboxylic acids is 2. The SMILES string of the molecule is CC(=O)c1ccc(NC(=O)c2sc3ncccc3c2N)cc1. The van der Waals surface area contributed by atoms with Crippen LogP contribution >= 0.6 is 11.3 Å². The van der Waals surface area contributed by atoms with Crippen LogP contribution in [0.3, 0.4) is 0 Å². The van der Waals surface area contributed by atoms with E-state index in [-0.39, 0.29) is 11.7 Å².